The second-order valence-electron chi connectivity index (χ2n) is 4.06. The van der Waals surface area contributed by atoms with Crippen molar-refractivity contribution >= 4 is 21.7 Å². The highest BCUT2D eigenvalue weighted by atomic mass is 79.9. The summed E-state index contributed by atoms with van der Waals surface area (Å²) in [6.07, 6.45) is 1.29. The summed E-state index contributed by atoms with van der Waals surface area (Å²) in [4.78, 5) is 11.4. The summed E-state index contributed by atoms with van der Waals surface area (Å²) >= 11 is 3.48. The normalized spacial score (nSPS) is 21.7. The number of carbonyl (C=O) groups excluding carboxylic acids is 1. The van der Waals surface area contributed by atoms with Gasteiger partial charge in [0.2, 0.25) is 0 Å². The number of hydrogen-bond acceptors (Lipinski definition) is 2. The van der Waals surface area contributed by atoms with Crippen molar-refractivity contribution in [3.63, 3.8) is 0 Å². The fourth-order valence-corrected chi connectivity index (χ4v) is 2.61. The molecular formula is C12H14BrNO. The second kappa shape index (κ2) is 4.45. The number of ketones is 1. The third-order valence-electron chi connectivity index (χ3n) is 2.69. The van der Waals surface area contributed by atoms with Crippen molar-refractivity contribution in [2.75, 3.05) is 6.54 Å². The molecule has 2 nitrogen and oxygen atoms in total. The average molecular weight is 268 g/mol. The highest BCUT2D eigenvalue weighted by Crippen LogP contribution is 2.25. The van der Waals surface area contributed by atoms with Gasteiger partial charge in [-0.2, -0.15) is 0 Å². The molecule has 1 saturated heterocycles. The Hall–Kier alpha value is -0.670. The molecular weight excluding hydrogens is 254 g/mol. The summed E-state index contributed by atoms with van der Waals surface area (Å²) in [7, 11) is 0. The molecule has 1 atom stereocenters. The molecule has 0 saturated carbocycles. The van der Waals surface area contributed by atoms with Crippen LogP contribution in [0.4, 0.5) is 0 Å². The number of hydrogen-bond donors (Lipinski definition) is 1. The maximum absolute atomic E-state index is 11.4. The van der Waals surface area contributed by atoms with Crippen LogP contribution in [0.5, 0.6) is 0 Å². The zero-order chi connectivity index (χ0) is 10.8. The number of Topliss-reactive ketones (excluding diaryl/α,β-unsaturated/α-hetero) is 1. The summed E-state index contributed by atoms with van der Waals surface area (Å²) in [5, 5.41) is 3.38. The topological polar surface area (TPSA) is 29.1 Å². The molecule has 15 heavy (non-hydrogen) atoms. The Morgan fingerprint density at radius 1 is 1.40 bits per heavy atom. The van der Waals surface area contributed by atoms with E-state index in [4.69, 9.17) is 0 Å². The summed E-state index contributed by atoms with van der Waals surface area (Å²) in [6.45, 7) is 2.87. The monoisotopic (exact) mass is 267 g/mol. The van der Waals surface area contributed by atoms with Gasteiger partial charge in [0, 0.05) is 29.9 Å². The smallest absolute Gasteiger partial charge is 0.136 e. The van der Waals surface area contributed by atoms with Gasteiger partial charge in [-0.3, -0.25) is 4.79 Å². The lowest BCUT2D eigenvalue weighted by atomic mass is 9.96. The van der Waals surface area contributed by atoms with Crippen molar-refractivity contribution in [3.05, 3.63) is 33.8 Å². The van der Waals surface area contributed by atoms with Gasteiger partial charge in [0.25, 0.3) is 0 Å². The van der Waals surface area contributed by atoms with Crippen LogP contribution in [0.2, 0.25) is 0 Å². The number of nitrogens with one attached hydrogen (secondary N) is 1. The Bertz CT molecular complexity index is 369. The molecule has 0 spiro atoms. The predicted molar refractivity (Wildman–Crippen MR) is 63.9 cm³/mol. The van der Waals surface area contributed by atoms with Crippen LogP contribution in [0.15, 0.2) is 22.7 Å². The van der Waals surface area contributed by atoms with Crippen LogP contribution >= 0.6 is 15.9 Å². The zero-order valence-electron chi connectivity index (χ0n) is 8.72. The molecule has 1 aliphatic heterocycles. The van der Waals surface area contributed by atoms with E-state index in [0.29, 0.717) is 18.6 Å². The number of aryl methyl sites for hydroxylation is 1. The Labute approximate surface area is 98.2 Å². The first kappa shape index (κ1) is 10.8. The van der Waals surface area contributed by atoms with Crippen LogP contribution in [0.1, 0.15) is 30.0 Å². The maximum atomic E-state index is 11.4. The van der Waals surface area contributed by atoms with Crippen LogP contribution in [0, 0.1) is 6.92 Å². The van der Waals surface area contributed by atoms with E-state index in [9.17, 15) is 4.79 Å². The SMILES string of the molecule is Cc1cc(Br)cc(C2CC(=O)CCN2)c1. The first-order chi connectivity index (χ1) is 7.15. The Morgan fingerprint density at radius 2 is 2.20 bits per heavy atom. The van der Waals surface area contributed by atoms with Gasteiger partial charge >= 0.3 is 0 Å². The van der Waals surface area contributed by atoms with Crippen molar-refractivity contribution in [1.29, 1.82) is 0 Å². The van der Waals surface area contributed by atoms with Crippen LogP contribution in [0.25, 0.3) is 0 Å². The van der Waals surface area contributed by atoms with E-state index in [1.165, 1.54) is 11.1 Å². The van der Waals surface area contributed by atoms with Crippen molar-refractivity contribution in [2.24, 2.45) is 0 Å². The lowest BCUT2D eigenvalue weighted by Gasteiger charge is -2.23. The lowest BCUT2D eigenvalue weighted by molar-refractivity contribution is -0.120. The van der Waals surface area contributed by atoms with Crippen molar-refractivity contribution in [3.8, 4) is 0 Å². The van der Waals surface area contributed by atoms with Gasteiger partial charge in [-0.15, -0.1) is 0 Å². The Balaban J connectivity index is 2.24. The fourth-order valence-electron chi connectivity index (χ4n) is 1.99. The van der Waals surface area contributed by atoms with Gasteiger partial charge in [-0.05, 0) is 30.2 Å². The first-order valence-electron chi connectivity index (χ1n) is 5.17. The molecule has 80 valence electrons. The molecule has 0 bridgehead atoms. The second-order valence-corrected chi connectivity index (χ2v) is 4.98. The van der Waals surface area contributed by atoms with E-state index in [-0.39, 0.29) is 6.04 Å². The van der Waals surface area contributed by atoms with Gasteiger partial charge in [0.15, 0.2) is 0 Å². The van der Waals surface area contributed by atoms with E-state index in [1.807, 2.05) is 0 Å². The standard InChI is InChI=1S/C12H14BrNO/c1-8-4-9(6-10(13)5-8)12-7-11(15)2-3-14-12/h4-6,12,14H,2-3,7H2,1H3. The van der Waals surface area contributed by atoms with Gasteiger partial charge in [-0.25, -0.2) is 0 Å². The van der Waals surface area contributed by atoms with E-state index in [0.717, 1.165) is 11.0 Å². The molecule has 1 N–H and O–H groups in total. The van der Waals surface area contributed by atoms with Crippen molar-refractivity contribution < 1.29 is 4.79 Å². The number of benzene rings is 1. The first-order valence-corrected chi connectivity index (χ1v) is 5.96. The minimum Gasteiger partial charge on any atom is -0.309 e. The minimum atomic E-state index is 0.197. The molecule has 1 aromatic rings. The molecule has 0 radical (unpaired) electrons. The van der Waals surface area contributed by atoms with Crippen LogP contribution in [0.3, 0.4) is 0 Å². The van der Waals surface area contributed by atoms with E-state index < -0.39 is 0 Å². The number of halogens is 1. The van der Waals surface area contributed by atoms with Crippen LogP contribution in [-0.4, -0.2) is 12.3 Å². The molecule has 1 fully saturated rings. The van der Waals surface area contributed by atoms with Gasteiger partial charge in [0.05, 0.1) is 0 Å². The molecule has 2 rings (SSSR count). The number of carbonyl (C=O) groups is 1. The molecule has 0 aliphatic carbocycles. The van der Waals surface area contributed by atoms with Gasteiger partial charge in [0.1, 0.15) is 5.78 Å². The third-order valence-corrected chi connectivity index (χ3v) is 3.15. The quantitative estimate of drug-likeness (QED) is 0.848. The van der Waals surface area contributed by atoms with E-state index in [2.05, 4.69) is 46.4 Å². The summed E-state index contributed by atoms with van der Waals surface area (Å²) in [6, 6.07) is 6.50. The molecule has 1 aliphatic rings. The minimum absolute atomic E-state index is 0.197. The highest BCUT2D eigenvalue weighted by molar-refractivity contribution is 9.10. The zero-order valence-corrected chi connectivity index (χ0v) is 10.3. The average Bonchev–Trinajstić information content (AvgIpc) is 2.16. The summed E-state index contributed by atoms with van der Waals surface area (Å²) in [5.74, 6) is 0.358. The highest BCUT2D eigenvalue weighted by Gasteiger charge is 2.20. The molecule has 1 heterocycles. The Morgan fingerprint density at radius 3 is 2.87 bits per heavy atom. The lowest BCUT2D eigenvalue weighted by Crippen LogP contribution is -2.31. The number of rotatable bonds is 1. The number of piperidine rings is 1. The van der Waals surface area contributed by atoms with Crippen LogP contribution in [-0.2, 0) is 4.79 Å². The van der Waals surface area contributed by atoms with Crippen LogP contribution < -0.4 is 5.32 Å². The predicted octanol–water partition coefficient (Wildman–Crippen LogP) is 2.75. The van der Waals surface area contributed by atoms with Crippen molar-refractivity contribution in [2.45, 2.75) is 25.8 Å². The largest absolute Gasteiger partial charge is 0.309 e. The third kappa shape index (κ3) is 2.67. The van der Waals surface area contributed by atoms with Gasteiger partial charge in [-0.1, -0.05) is 22.0 Å². The molecule has 3 heteroatoms. The van der Waals surface area contributed by atoms with Gasteiger partial charge < -0.3 is 5.32 Å². The molecule has 0 aromatic heterocycles. The Kier molecular flexibility index (Phi) is 3.22. The molecule has 0 amide bonds. The fraction of sp³-hybridized carbons (Fsp3) is 0.417. The van der Waals surface area contributed by atoms with E-state index in [1.54, 1.807) is 0 Å². The van der Waals surface area contributed by atoms with Crippen molar-refractivity contribution in [1.82, 2.24) is 5.32 Å². The summed E-state index contributed by atoms with van der Waals surface area (Å²) < 4.78 is 1.08. The van der Waals surface area contributed by atoms with E-state index >= 15 is 0 Å². The molecule has 1 aromatic carbocycles. The summed E-state index contributed by atoms with van der Waals surface area (Å²) in [5.41, 5.74) is 2.43. The molecule has 1 unspecified atom stereocenters. The maximum Gasteiger partial charge on any atom is 0.136 e.